The number of nitrogens with zero attached hydrogens (tertiary/aromatic N) is 1. The molecule has 0 unspecified atom stereocenters. The standard InChI is InChI=1S/C14H14F2IN3O2S/c1-7(5-21)18-12-11(17)13(22)20-14(19-12)23-6-8-3-2-4-9(15)10(8)16/h2-4,7,21H,5-6H2,1H3,(H2,18,19,20,22)/t7-/m1/s1. The topological polar surface area (TPSA) is 78.0 Å². The molecule has 2 rings (SSSR count). The van der Waals surface area contributed by atoms with Crippen molar-refractivity contribution in [3.8, 4) is 0 Å². The van der Waals surface area contributed by atoms with Gasteiger partial charge in [-0.3, -0.25) is 4.79 Å². The molecule has 1 atom stereocenters. The highest BCUT2D eigenvalue weighted by Gasteiger charge is 2.13. The van der Waals surface area contributed by atoms with Gasteiger partial charge in [-0.1, -0.05) is 23.9 Å². The van der Waals surface area contributed by atoms with Crippen molar-refractivity contribution in [2.24, 2.45) is 0 Å². The van der Waals surface area contributed by atoms with E-state index in [4.69, 9.17) is 5.11 Å². The molecule has 0 aliphatic heterocycles. The minimum absolute atomic E-state index is 0.110. The quantitative estimate of drug-likeness (QED) is 0.356. The molecule has 9 heteroatoms. The summed E-state index contributed by atoms with van der Waals surface area (Å²) in [7, 11) is 0. The van der Waals surface area contributed by atoms with Crippen LogP contribution in [0, 0.1) is 15.2 Å². The number of aliphatic hydroxyl groups is 1. The van der Waals surface area contributed by atoms with E-state index in [1.807, 2.05) is 22.6 Å². The van der Waals surface area contributed by atoms with Gasteiger partial charge in [-0.15, -0.1) is 0 Å². The highest BCUT2D eigenvalue weighted by molar-refractivity contribution is 14.1. The maximum atomic E-state index is 13.6. The predicted octanol–water partition coefficient (Wildman–Crippen LogP) is 2.74. The number of aliphatic hydroxyl groups excluding tert-OH is 1. The molecule has 0 saturated heterocycles. The number of aromatic amines is 1. The van der Waals surface area contributed by atoms with Crippen LogP contribution in [-0.4, -0.2) is 27.7 Å². The fraction of sp³-hybridized carbons (Fsp3) is 0.286. The van der Waals surface area contributed by atoms with Crippen LogP contribution in [0.2, 0.25) is 0 Å². The Kier molecular flexibility index (Phi) is 6.36. The Morgan fingerprint density at radius 2 is 2.22 bits per heavy atom. The number of benzene rings is 1. The van der Waals surface area contributed by atoms with Crippen LogP contribution in [0.3, 0.4) is 0 Å². The van der Waals surface area contributed by atoms with E-state index in [0.717, 1.165) is 17.8 Å². The maximum absolute atomic E-state index is 13.6. The van der Waals surface area contributed by atoms with Gasteiger partial charge in [-0.25, -0.2) is 13.8 Å². The van der Waals surface area contributed by atoms with E-state index in [1.165, 1.54) is 12.1 Å². The second-order valence-electron chi connectivity index (χ2n) is 4.76. The smallest absolute Gasteiger partial charge is 0.267 e. The molecule has 2 aromatic rings. The van der Waals surface area contributed by atoms with Gasteiger partial charge in [0, 0.05) is 17.4 Å². The third kappa shape index (κ3) is 4.64. The summed E-state index contributed by atoms with van der Waals surface area (Å²) in [5.74, 6) is -1.34. The summed E-state index contributed by atoms with van der Waals surface area (Å²) in [6, 6.07) is 3.68. The Balaban J connectivity index is 2.20. The summed E-state index contributed by atoms with van der Waals surface area (Å²) in [6.07, 6.45) is 0. The van der Waals surface area contributed by atoms with E-state index in [1.54, 1.807) is 6.92 Å². The predicted molar refractivity (Wildman–Crippen MR) is 93.7 cm³/mol. The van der Waals surface area contributed by atoms with Gasteiger partial charge >= 0.3 is 0 Å². The Morgan fingerprint density at radius 1 is 1.48 bits per heavy atom. The van der Waals surface area contributed by atoms with Crippen molar-refractivity contribution in [1.29, 1.82) is 0 Å². The van der Waals surface area contributed by atoms with Crippen molar-refractivity contribution in [2.75, 3.05) is 11.9 Å². The maximum Gasteiger partial charge on any atom is 0.267 e. The highest BCUT2D eigenvalue weighted by Crippen LogP contribution is 2.23. The van der Waals surface area contributed by atoms with Crippen LogP contribution in [0.4, 0.5) is 14.6 Å². The second-order valence-corrected chi connectivity index (χ2v) is 6.81. The van der Waals surface area contributed by atoms with E-state index >= 15 is 0 Å². The van der Waals surface area contributed by atoms with Gasteiger partial charge in [-0.05, 0) is 35.6 Å². The molecule has 0 aliphatic rings. The number of anilines is 1. The summed E-state index contributed by atoms with van der Waals surface area (Å²) in [5.41, 5.74) is -0.148. The third-order valence-electron chi connectivity index (χ3n) is 2.89. The van der Waals surface area contributed by atoms with Crippen molar-refractivity contribution >= 4 is 40.2 Å². The first-order chi connectivity index (χ1) is 10.9. The zero-order valence-electron chi connectivity index (χ0n) is 12.1. The molecule has 3 N–H and O–H groups in total. The van der Waals surface area contributed by atoms with E-state index in [-0.39, 0.29) is 34.7 Å². The van der Waals surface area contributed by atoms with Gasteiger partial charge in [0.2, 0.25) is 0 Å². The van der Waals surface area contributed by atoms with E-state index < -0.39 is 11.6 Å². The van der Waals surface area contributed by atoms with Crippen molar-refractivity contribution in [2.45, 2.75) is 23.9 Å². The van der Waals surface area contributed by atoms with E-state index in [0.29, 0.717) is 9.39 Å². The fourth-order valence-corrected chi connectivity index (χ4v) is 2.93. The zero-order valence-corrected chi connectivity index (χ0v) is 15.0. The fourth-order valence-electron chi connectivity index (χ4n) is 1.69. The summed E-state index contributed by atoms with van der Waals surface area (Å²) in [6.45, 7) is 1.63. The molecule has 23 heavy (non-hydrogen) atoms. The average Bonchev–Trinajstić information content (AvgIpc) is 2.53. The summed E-state index contributed by atoms with van der Waals surface area (Å²) in [4.78, 5) is 18.7. The second kappa shape index (κ2) is 8.06. The lowest BCUT2D eigenvalue weighted by atomic mass is 10.2. The molecule has 1 aromatic heterocycles. The summed E-state index contributed by atoms with van der Waals surface area (Å²) < 4.78 is 27.2. The van der Waals surface area contributed by atoms with Crippen LogP contribution < -0.4 is 10.9 Å². The Bertz CT molecular complexity index is 757. The lowest BCUT2D eigenvalue weighted by Gasteiger charge is -2.13. The molecule has 0 fully saturated rings. The van der Waals surface area contributed by atoms with Crippen LogP contribution in [0.1, 0.15) is 12.5 Å². The van der Waals surface area contributed by atoms with Crippen molar-refractivity contribution in [3.05, 3.63) is 49.3 Å². The minimum atomic E-state index is -0.911. The molecule has 1 heterocycles. The van der Waals surface area contributed by atoms with Gasteiger partial charge in [0.15, 0.2) is 16.8 Å². The number of halogens is 3. The third-order valence-corrected chi connectivity index (χ3v) is 4.82. The van der Waals surface area contributed by atoms with Crippen molar-refractivity contribution < 1.29 is 13.9 Å². The van der Waals surface area contributed by atoms with Gasteiger partial charge in [0.25, 0.3) is 5.56 Å². The monoisotopic (exact) mass is 453 g/mol. The first-order valence-corrected chi connectivity index (χ1v) is 8.71. The molecule has 124 valence electrons. The van der Waals surface area contributed by atoms with Crippen molar-refractivity contribution in [3.63, 3.8) is 0 Å². The minimum Gasteiger partial charge on any atom is -0.394 e. The lowest BCUT2D eigenvalue weighted by molar-refractivity contribution is 0.281. The first-order valence-electron chi connectivity index (χ1n) is 6.65. The van der Waals surface area contributed by atoms with E-state index in [2.05, 4.69) is 15.3 Å². The molecule has 0 saturated carbocycles. The lowest BCUT2D eigenvalue weighted by Crippen LogP contribution is -2.24. The van der Waals surface area contributed by atoms with E-state index in [9.17, 15) is 13.6 Å². The first kappa shape index (κ1) is 18.1. The largest absolute Gasteiger partial charge is 0.394 e. The molecule has 5 nitrogen and oxygen atoms in total. The molecule has 0 aliphatic carbocycles. The number of nitrogens with one attached hydrogen (secondary N) is 2. The van der Waals surface area contributed by atoms with Crippen LogP contribution >= 0.6 is 34.4 Å². The number of H-pyrrole nitrogens is 1. The normalized spacial score (nSPS) is 12.2. The van der Waals surface area contributed by atoms with Gasteiger partial charge in [0.1, 0.15) is 9.39 Å². The molecule has 0 amide bonds. The Hall–Kier alpha value is -1.20. The van der Waals surface area contributed by atoms with Gasteiger partial charge in [0.05, 0.1) is 6.61 Å². The molecular weight excluding hydrogens is 439 g/mol. The number of aromatic nitrogens is 2. The van der Waals surface area contributed by atoms with Gasteiger partial charge in [-0.2, -0.15) is 0 Å². The van der Waals surface area contributed by atoms with Crippen LogP contribution in [0.15, 0.2) is 28.2 Å². The molecule has 0 spiro atoms. The Morgan fingerprint density at radius 3 is 2.91 bits per heavy atom. The Labute approximate surface area is 149 Å². The van der Waals surface area contributed by atoms with Gasteiger partial charge < -0.3 is 15.4 Å². The zero-order chi connectivity index (χ0) is 17.0. The van der Waals surface area contributed by atoms with Crippen LogP contribution in [0.25, 0.3) is 0 Å². The number of hydrogen-bond acceptors (Lipinski definition) is 5. The van der Waals surface area contributed by atoms with Crippen LogP contribution in [-0.2, 0) is 5.75 Å². The molecule has 1 aromatic carbocycles. The molecular formula is C14H14F2IN3O2S. The number of rotatable bonds is 6. The number of thioether (sulfide) groups is 1. The van der Waals surface area contributed by atoms with Crippen molar-refractivity contribution in [1.82, 2.24) is 9.97 Å². The van der Waals surface area contributed by atoms with Crippen LogP contribution in [0.5, 0.6) is 0 Å². The highest BCUT2D eigenvalue weighted by atomic mass is 127. The molecule has 0 radical (unpaired) electrons. The summed E-state index contributed by atoms with van der Waals surface area (Å²) in [5, 5.41) is 12.3. The SMILES string of the molecule is C[C@H](CO)Nc1nc(SCc2cccc(F)c2F)[nH]c(=O)c1I. The number of hydrogen-bond donors (Lipinski definition) is 3. The summed E-state index contributed by atoms with van der Waals surface area (Å²) >= 11 is 2.94. The molecule has 0 bridgehead atoms. The average molecular weight is 453 g/mol.